The van der Waals surface area contributed by atoms with Gasteiger partial charge in [-0.15, -0.1) is 0 Å². The third-order valence-electron chi connectivity index (χ3n) is 2.18. The summed E-state index contributed by atoms with van der Waals surface area (Å²) in [4.78, 5) is 0. The molecule has 0 unspecified atom stereocenters. The van der Waals surface area contributed by atoms with Gasteiger partial charge >= 0.3 is 6.18 Å². The molecule has 0 aliphatic heterocycles. The van der Waals surface area contributed by atoms with E-state index in [4.69, 9.17) is 0 Å². The highest BCUT2D eigenvalue weighted by atomic mass is 19.4. The van der Waals surface area contributed by atoms with E-state index in [2.05, 4.69) is 0 Å². The van der Waals surface area contributed by atoms with E-state index in [9.17, 15) is 13.2 Å². The van der Waals surface area contributed by atoms with Crippen molar-refractivity contribution in [3.05, 3.63) is 23.8 Å². The van der Waals surface area contributed by atoms with Gasteiger partial charge in [0, 0.05) is 0 Å². The first-order chi connectivity index (χ1) is 5.41. The molecule has 0 aromatic heterocycles. The fourth-order valence-corrected chi connectivity index (χ4v) is 1.11. The Kier molecular flexibility index (Phi) is 2.31. The maximum Gasteiger partial charge on any atom is 0.416 e. The van der Waals surface area contributed by atoms with Crippen molar-refractivity contribution < 1.29 is 13.2 Å². The lowest BCUT2D eigenvalue weighted by Gasteiger charge is -2.20. The predicted octanol–water partition coefficient (Wildman–Crippen LogP) is 3.32. The van der Waals surface area contributed by atoms with Crippen LogP contribution in [0.3, 0.4) is 0 Å². The van der Waals surface area contributed by atoms with Crippen LogP contribution in [0.4, 0.5) is 13.2 Å². The second-order valence-electron chi connectivity index (χ2n) is 3.20. The summed E-state index contributed by atoms with van der Waals surface area (Å²) in [6.07, 6.45) is -0.145. The molecular formula is C9H11F3. The first-order valence-corrected chi connectivity index (χ1v) is 3.88. The molecule has 0 fully saturated rings. The van der Waals surface area contributed by atoms with E-state index in [1.54, 1.807) is 13.0 Å². The monoisotopic (exact) mass is 176 g/mol. The zero-order valence-corrected chi connectivity index (χ0v) is 7.02. The Hall–Kier alpha value is -0.730. The molecule has 0 heterocycles. The SMILES string of the molecule is C[C@H]1C=CC(C(F)(F)F)=C[C@@H]1C. The summed E-state index contributed by atoms with van der Waals surface area (Å²) in [7, 11) is 0. The van der Waals surface area contributed by atoms with Gasteiger partial charge in [0.2, 0.25) is 0 Å². The lowest BCUT2D eigenvalue weighted by molar-refractivity contribution is -0.0890. The van der Waals surface area contributed by atoms with Gasteiger partial charge in [-0.2, -0.15) is 13.2 Å². The van der Waals surface area contributed by atoms with Crippen LogP contribution in [-0.2, 0) is 0 Å². The van der Waals surface area contributed by atoms with Crippen LogP contribution in [0.2, 0.25) is 0 Å². The number of rotatable bonds is 0. The normalized spacial score (nSPS) is 30.2. The lowest BCUT2D eigenvalue weighted by Crippen LogP contribution is -2.16. The molecule has 68 valence electrons. The molecule has 0 nitrogen and oxygen atoms in total. The van der Waals surface area contributed by atoms with Gasteiger partial charge in [0.1, 0.15) is 0 Å². The van der Waals surface area contributed by atoms with Crippen LogP contribution >= 0.6 is 0 Å². The van der Waals surface area contributed by atoms with Gasteiger partial charge in [-0.1, -0.05) is 32.1 Å². The molecule has 0 aromatic carbocycles. The molecule has 0 amide bonds. The fraction of sp³-hybridized carbons (Fsp3) is 0.556. The van der Waals surface area contributed by atoms with Gasteiger partial charge < -0.3 is 0 Å². The highest BCUT2D eigenvalue weighted by Gasteiger charge is 2.33. The molecule has 0 bridgehead atoms. The summed E-state index contributed by atoms with van der Waals surface area (Å²) >= 11 is 0. The van der Waals surface area contributed by atoms with Crippen LogP contribution in [0.15, 0.2) is 23.8 Å². The molecule has 0 saturated carbocycles. The molecule has 1 aliphatic carbocycles. The molecule has 3 heteroatoms. The first kappa shape index (κ1) is 9.36. The maximum atomic E-state index is 12.1. The van der Waals surface area contributed by atoms with Crippen molar-refractivity contribution >= 4 is 0 Å². The minimum atomic E-state index is -4.19. The Morgan fingerprint density at radius 3 is 2.17 bits per heavy atom. The van der Waals surface area contributed by atoms with E-state index in [0.29, 0.717) is 0 Å². The molecule has 2 atom stereocenters. The summed E-state index contributed by atoms with van der Waals surface area (Å²) in [6, 6.07) is 0. The molecule has 12 heavy (non-hydrogen) atoms. The van der Waals surface area contributed by atoms with Crippen LogP contribution in [0, 0.1) is 11.8 Å². The zero-order chi connectivity index (χ0) is 9.35. The van der Waals surface area contributed by atoms with Crippen LogP contribution in [0.25, 0.3) is 0 Å². The first-order valence-electron chi connectivity index (χ1n) is 3.88. The maximum absolute atomic E-state index is 12.1. The van der Waals surface area contributed by atoms with Crippen LogP contribution in [0.5, 0.6) is 0 Å². The van der Waals surface area contributed by atoms with Crippen molar-refractivity contribution in [1.82, 2.24) is 0 Å². The zero-order valence-electron chi connectivity index (χ0n) is 7.02. The molecule has 0 radical (unpaired) electrons. The smallest absolute Gasteiger partial charge is 0.166 e. The van der Waals surface area contributed by atoms with Crippen molar-refractivity contribution in [2.75, 3.05) is 0 Å². The second-order valence-corrected chi connectivity index (χ2v) is 3.20. The second kappa shape index (κ2) is 2.96. The topological polar surface area (TPSA) is 0 Å². The van der Waals surface area contributed by atoms with Crippen LogP contribution < -0.4 is 0 Å². The number of allylic oxidation sites excluding steroid dienone is 4. The molecule has 0 spiro atoms. The van der Waals surface area contributed by atoms with Crippen molar-refractivity contribution in [1.29, 1.82) is 0 Å². The molecule has 1 rings (SSSR count). The highest BCUT2D eigenvalue weighted by molar-refractivity contribution is 5.28. The van der Waals surface area contributed by atoms with E-state index in [0.717, 1.165) is 6.08 Å². The summed E-state index contributed by atoms with van der Waals surface area (Å²) < 4.78 is 36.4. The quantitative estimate of drug-likeness (QED) is 0.531. The third kappa shape index (κ3) is 1.90. The summed E-state index contributed by atoms with van der Waals surface area (Å²) in [5, 5.41) is 0. The largest absolute Gasteiger partial charge is 0.416 e. The Morgan fingerprint density at radius 2 is 1.75 bits per heavy atom. The fourth-order valence-electron chi connectivity index (χ4n) is 1.11. The van der Waals surface area contributed by atoms with Gasteiger partial charge in [-0.05, 0) is 11.8 Å². The van der Waals surface area contributed by atoms with Crippen molar-refractivity contribution in [2.45, 2.75) is 20.0 Å². The summed E-state index contributed by atoms with van der Waals surface area (Å²) in [5.74, 6) is 0.183. The minimum Gasteiger partial charge on any atom is -0.166 e. The Balaban J connectivity index is 2.84. The van der Waals surface area contributed by atoms with E-state index in [-0.39, 0.29) is 11.8 Å². The average Bonchev–Trinajstić information content (AvgIpc) is 1.92. The predicted molar refractivity (Wildman–Crippen MR) is 41.6 cm³/mol. The standard InChI is InChI=1S/C9H11F3/c1-6-3-4-8(5-7(6)2)9(10,11)12/h3-7H,1-2H3/t6-,7-/m0/s1. The number of alkyl halides is 3. The minimum absolute atomic E-state index is 0.0216. The summed E-state index contributed by atoms with van der Waals surface area (Å²) in [6.45, 7) is 3.70. The van der Waals surface area contributed by atoms with Gasteiger partial charge in [-0.3, -0.25) is 0 Å². The van der Waals surface area contributed by atoms with Gasteiger partial charge in [0.15, 0.2) is 0 Å². The van der Waals surface area contributed by atoms with E-state index in [1.807, 2.05) is 6.92 Å². The van der Waals surface area contributed by atoms with Crippen molar-refractivity contribution in [3.63, 3.8) is 0 Å². The number of hydrogen-bond donors (Lipinski definition) is 0. The molecule has 0 saturated heterocycles. The van der Waals surface area contributed by atoms with Crippen molar-refractivity contribution in [3.8, 4) is 0 Å². The highest BCUT2D eigenvalue weighted by Crippen LogP contribution is 2.32. The van der Waals surface area contributed by atoms with E-state index < -0.39 is 11.7 Å². The Morgan fingerprint density at radius 1 is 1.17 bits per heavy atom. The van der Waals surface area contributed by atoms with Gasteiger partial charge in [0.05, 0.1) is 5.57 Å². The average molecular weight is 176 g/mol. The van der Waals surface area contributed by atoms with Gasteiger partial charge in [-0.25, -0.2) is 0 Å². The van der Waals surface area contributed by atoms with Crippen molar-refractivity contribution in [2.24, 2.45) is 11.8 Å². The van der Waals surface area contributed by atoms with Crippen LogP contribution in [0.1, 0.15) is 13.8 Å². The van der Waals surface area contributed by atoms with Crippen LogP contribution in [-0.4, -0.2) is 6.18 Å². The molecule has 0 aromatic rings. The number of halogens is 3. The summed E-state index contributed by atoms with van der Waals surface area (Å²) in [5.41, 5.74) is -0.520. The lowest BCUT2D eigenvalue weighted by atomic mass is 9.88. The van der Waals surface area contributed by atoms with E-state index >= 15 is 0 Å². The van der Waals surface area contributed by atoms with E-state index in [1.165, 1.54) is 6.08 Å². The molecule has 1 aliphatic rings. The van der Waals surface area contributed by atoms with Gasteiger partial charge in [0.25, 0.3) is 0 Å². The third-order valence-corrected chi connectivity index (χ3v) is 2.18. The Labute approximate surface area is 69.8 Å². The Bertz CT molecular complexity index is 222. The molecule has 0 N–H and O–H groups in total. The molecular weight excluding hydrogens is 165 g/mol. The number of hydrogen-bond acceptors (Lipinski definition) is 0.